The van der Waals surface area contributed by atoms with Gasteiger partial charge in [-0.15, -0.1) is 0 Å². The molecule has 4 rings (SSSR count). The largest absolute Gasteiger partial charge is 0.493 e. The van der Waals surface area contributed by atoms with E-state index in [9.17, 15) is 19.2 Å². The van der Waals surface area contributed by atoms with E-state index in [0.29, 0.717) is 39.4 Å². The van der Waals surface area contributed by atoms with Crippen molar-refractivity contribution in [1.29, 1.82) is 0 Å². The molecule has 2 aromatic carbocycles. The number of carbonyl (C=O) groups is 4. The zero-order valence-corrected chi connectivity index (χ0v) is 24.1. The molecule has 2 fully saturated rings. The lowest BCUT2D eigenvalue weighted by atomic mass is 10.1. The normalized spacial score (nSPS) is 16.7. The summed E-state index contributed by atoms with van der Waals surface area (Å²) in [6.07, 6.45) is 4.55. The van der Waals surface area contributed by atoms with Crippen LogP contribution < -0.4 is 14.8 Å². The SMILES string of the molecule is COc1cc(/C=C2\SC(=O)N(CC(=O)N3CCCCC3)C2=O)cc(I)c1OCC(=O)Nc1ccc(C)cc1. The van der Waals surface area contributed by atoms with Crippen molar-refractivity contribution in [2.45, 2.75) is 26.2 Å². The summed E-state index contributed by atoms with van der Waals surface area (Å²) < 4.78 is 11.9. The molecule has 2 aliphatic rings. The highest BCUT2D eigenvalue weighted by Gasteiger charge is 2.37. The first kappa shape index (κ1) is 28.0. The van der Waals surface area contributed by atoms with Gasteiger partial charge in [-0.05, 0) is 96.4 Å². The number of methoxy groups -OCH3 is 1. The number of amides is 4. The van der Waals surface area contributed by atoms with Gasteiger partial charge in [0, 0.05) is 18.8 Å². The molecule has 2 aliphatic heterocycles. The van der Waals surface area contributed by atoms with Gasteiger partial charge in [0.15, 0.2) is 18.1 Å². The summed E-state index contributed by atoms with van der Waals surface area (Å²) in [5.41, 5.74) is 2.39. The van der Waals surface area contributed by atoms with E-state index in [1.165, 1.54) is 7.11 Å². The lowest BCUT2D eigenvalue weighted by molar-refractivity contribution is -0.136. The molecule has 0 unspecified atom stereocenters. The number of aryl methyl sites for hydroxylation is 1. The van der Waals surface area contributed by atoms with Crippen LogP contribution in [-0.4, -0.2) is 66.1 Å². The van der Waals surface area contributed by atoms with Gasteiger partial charge in [-0.1, -0.05) is 17.7 Å². The maximum absolute atomic E-state index is 12.9. The van der Waals surface area contributed by atoms with Crippen LogP contribution in [0.15, 0.2) is 41.3 Å². The highest BCUT2D eigenvalue weighted by Crippen LogP contribution is 2.37. The van der Waals surface area contributed by atoms with Gasteiger partial charge in [0.2, 0.25) is 5.91 Å². The highest BCUT2D eigenvalue weighted by molar-refractivity contribution is 14.1. The predicted molar refractivity (Wildman–Crippen MR) is 154 cm³/mol. The number of halogens is 1. The van der Waals surface area contributed by atoms with Crippen LogP contribution in [0.3, 0.4) is 0 Å². The van der Waals surface area contributed by atoms with E-state index in [1.54, 1.807) is 23.1 Å². The molecule has 0 bridgehead atoms. The van der Waals surface area contributed by atoms with Crippen molar-refractivity contribution in [3.05, 3.63) is 56.0 Å². The number of hydrogen-bond acceptors (Lipinski definition) is 7. The number of hydrogen-bond donors (Lipinski definition) is 1. The smallest absolute Gasteiger partial charge is 0.294 e. The maximum Gasteiger partial charge on any atom is 0.294 e. The Labute approximate surface area is 239 Å². The zero-order chi connectivity index (χ0) is 27.2. The van der Waals surface area contributed by atoms with Crippen molar-refractivity contribution >= 4 is 69.1 Å². The van der Waals surface area contributed by atoms with Crippen LogP contribution in [0.1, 0.15) is 30.4 Å². The Morgan fingerprint density at radius 1 is 1.11 bits per heavy atom. The Balaban J connectivity index is 1.42. The van der Waals surface area contributed by atoms with Gasteiger partial charge in [-0.3, -0.25) is 24.1 Å². The minimum absolute atomic E-state index is 0.211. The van der Waals surface area contributed by atoms with E-state index in [2.05, 4.69) is 27.9 Å². The molecular formula is C27H28IN3O6S. The van der Waals surface area contributed by atoms with E-state index in [0.717, 1.165) is 41.5 Å². The van der Waals surface area contributed by atoms with Crippen LogP contribution in [0.2, 0.25) is 0 Å². The van der Waals surface area contributed by atoms with Crippen molar-refractivity contribution in [2.24, 2.45) is 0 Å². The summed E-state index contributed by atoms with van der Waals surface area (Å²) in [6.45, 7) is 2.81. The first-order valence-corrected chi connectivity index (χ1v) is 14.0. The van der Waals surface area contributed by atoms with Crippen LogP contribution in [0.25, 0.3) is 6.08 Å². The summed E-state index contributed by atoms with van der Waals surface area (Å²) in [4.78, 5) is 53.3. The molecule has 11 heteroatoms. The quantitative estimate of drug-likeness (QED) is 0.327. The summed E-state index contributed by atoms with van der Waals surface area (Å²) in [7, 11) is 1.48. The fourth-order valence-electron chi connectivity index (χ4n) is 4.10. The molecule has 2 saturated heterocycles. The number of thioether (sulfide) groups is 1. The molecular weight excluding hydrogens is 621 g/mol. The fourth-order valence-corrected chi connectivity index (χ4v) is 5.72. The second-order valence-corrected chi connectivity index (χ2v) is 11.1. The number of piperidine rings is 1. The molecule has 2 heterocycles. The molecule has 0 spiro atoms. The van der Waals surface area contributed by atoms with Gasteiger partial charge >= 0.3 is 0 Å². The molecule has 0 saturated carbocycles. The number of nitrogens with zero attached hydrogens (tertiary/aromatic N) is 2. The third-order valence-corrected chi connectivity index (χ3v) is 7.82. The first-order chi connectivity index (χ1) is 18.2. The number of imide groups is 1. The number of benzene rings is 2. The van der Waals surface area contributed by atoms with E-state index in [-0.39, 0.29) is 29.9 Å². The average Bonchev–Trinajstić information content (AvgIpc) is 3.16. The molecule has 9 nitrogen and oxygen atoms in total. The Hall–Kier alpha value is -3.06. The third kappa shape index (κ3) is 6.87. The van der Waals surface area contributed by atoms with Crippen LogP contribution in [0, 0.1) is 10.5 Å². The lowest BCUT2D eigenvalue weighted by Crippen LogP contribution is -2.44. The van der Waals surface area contributed by atoms with Crippen LogP contribution >= 0.6 is 34.4 Å². The number of ether oxygens (including phenoxy) is 2. The van der Waals surface area contributed by atoms with Gasteiger partial charge in [-0.2, -0.15) is 0 Å². The van der Waals surface area contributed by atoms with Gasteiger partial charge in [-0.25, -0.2) is 0 Å². The van der Waals surface area contributed by atoms with Crippen molar-refractivity contribution < 1.29 is 28.7 Å². The van der Waals surface area contributed by atoms with Crippen molar-refractivity contribution in [3.63, 3.8) is 0 Å². The number of anilines is 1. The number of nitrogens with one attached hydrogen (secondary N) is 1. The Morgan fingerprint density at radius 2 is 1.82 bits per heavy atom. The molecule has 4 amide bonds. The van der Waals surface area contributed by atoms with Crippen molar-refractivity contribution in [1.82, 2.24) is 9.80 Å². The fraction of sp³-hybridized carbons (Fsp3) is 0.333. The molecule has 0 aliphatic carbocycles. The Morgan fingerprint density at radius 3 is 2.50 bits per heavy atom. The Kier molecular flexibility index (Phi) is 9.31. The minimum atomic E-state index is -0.493. The van der Waals surface area contributed by atoms with E-state index in [4.69, 9.17) is 9.47 Å². The van der Waals surface area contributed by atoms with E-state index in [1.807, 2.05) is 31.2 Å². The maximum atomic E-state index is 12.9. The van der Waals surface area contributed by atoms with Crippen LogP contribution in [0.5, 0.6) is 11.5 Å². The van der Waals surface area contributed by atoms with E-state index < -0.39 is 11.1 Å². The minimum Gasteiger partial charge on any atom is -0.493 e. The van der Waals surface area contributed by atoms with Gasteiger partial charge in [0.25, 0.3) is 17.1 Å². The van der Waals surface area contributed by atoms with Crippen molar-refractivity contribution in [3.8, 4) is 11.5 Å². The molecule has 200 valence electrons. The van der Waals surface area contributed by atoms with Gasteiger partial charge in [0.05, 0.1) is 15.6 Å². The third-order valence-electron chi connectivity index (χ3n) is 6.11. The van der Waals surface area contributed by atoms with Gasteiger partial charge < -0.3 is 19.7 Å². The molecule has 2 aromatic rings. The summed E-state index contributed by atoms with van der Waals surface area (Å²) in [6, 6.07) is 10.9. The number of likely N-dealkylation sites (tertiary alicyclic amines) is 1. The van der Waals surface area contributed by atoms with E-state index >= 15 is 0 Å². The average molecular weight is 650 g/mol. The summed E-state index contributed by atoms with van der Waals surface area (Å²) in [5, 5.41) is 2.32. The number of rotatable bonds is 8. The summed E-state index contributed by atoms with van der Waals surface area (Å²) >= 11 is 2.87. The van der Waals surface area contributed by atoms with Crippen molar-refractivity contribution in [2.75, 3.05) is 38.7 Å². The predicted octanol–water partition coefficient (Wildman–Crippen LogP) is 4.67. The molecule has 0 radical (unpaired) electrons. The highest BCUT2D eigenvalue weighted by atomic mass is 127. The lowest BCUT2D eigenvalue weighted by Gasteiger charge is -2.27. The second-order valence-electron chi connectivity index (χ2n) is 8.95. The van der Waals surface area contributed by atoms with Gasteiger partial charge in [0.1, 0.15) is 6.54 Å². The first-order valence-electron chi connectivity index (χ1n) is 12.1. The second kappa shape index (κ2) is 12.7. The van der Waals surface area contributed by atoms with Crippen LogP contribution in [-0.2, 0) is 14.4 Å². The molecule has 1 N–H and O–H groups in total. The Bertz CT molecular complexity index is 1270. The monoisotopic (exact) mass is 649 g/mol. The topological polar surface area (TPSA) is 105 Å². The molecule has 0 aromatic heterocycles. The standard InChI is InChI=1S/C27H28IN3O6S/c1-17-6-8-19(9-7-17)29-23(32)16-37-25-20(28)12-18(13-21(25)36-2)14-22-26(34)31(27(35)38-22)15-24(33)30-10-4-3-5-11-30/h6-9,12-14H,3-5,10-11,15-16H2,1-2H3,(H,29,32)/b22-14-. The zero-order valence-electron chi connectivity index (χ0n) is 21.1. The molecule has 38 heavy (non-hydrogen) atoms. The van der Waals surface area contributed by atoms with Crippen LogP contribution in [0.4, 0.5) is 10.5 Å². The number of carbonyl (C=O) groups excluding carboxylic acids is 4. The summed E-state index contributed by atoms with van der Waals surface area (Å²) in [5.74, 6) is -0.247. The molecule has 0 atom stereocenters.